The third-order valence-electron chi connectivity index (χ3n) is 2.80. The maximum Gasteiger partial charge on any atom is 0.191 e. The highest BCUT2D eigenvalue weighted by atomic mass is 32.2. The van der Waals surface area contributed by atoms with Crippen LogP contribution in [-0.4, -0.2) is 37.1 Å². The number of rotatable bonds is 7. The summed E-state index contributed by atoms with van der Waals surface area (Å²) < 4.78 is 0. The molecule has 1 fully saturated rings. The van der Waals surface area contributed by atoms with Gasteiger partial charge < -0.3 is 10.6 Å². The fourth-order valence-corrected chi connectivity index (χ4v) is 2.06. The summed E-state index contributed by atoms with van der Waals surface area (Å²) in [5.74, 6) is 3.07. The van der Waals surface area contributed by atoms with Crippen LogP contribution in [0.5, 0.6) is 0 Å². The van der Waals surface area contributed by atoms with Crippen LogP contribution in [0.2, 0.25) is 0 Å². The van der Waals surface area contributed by atoms with E-state index in [2.05, 4.69) is 35.7 Å². The smallest absolute Gasteiger partial charge is 0.191 e. The summed E-state index contributed by atoms with van der Waals surface area (Å²) in [4.78, 5) is 4.59. The number of hydrogen-bond acceptors (Lipinski definition) is 2. The maximum absolute atomic E-state index is 4.59. The van der Waals surface area contributed by atoms with Crippen LogP contribution < -0.4 is 10.6 Å². The molecule has 1 saturated carbocycles. The normalized spacial score (nSPS) is 24.3. The minimum absolute atomic E-state index is 0.656. The van der Waals surface area contributed by atoms with E-state index in [4.69, 9.17) is 0 Å². The molecule has 94 valence electrons. The van der Waals surface area contributed by atoms with Gasteiger partial charge in [0.05, 0.1) is 0 Å². The lowest BCUT2D eigenvalue weighted by molar-refractivity contribution is 0.751. The summed E-state index contributed by atoms with van der Waals surface area (Å²) in [6.45, 7) is 6.27. The zero-order valence-corrected chi connectivity index (χ0v) is 11.6. The molecule has 0 bridgehead atoms. The van der Waals surface area contributed by atoms with E-state index in [0.29, 0.717) is 6.04 Å². The van der Waals surface area contributed by atoms with Gasteiger partial charge in [0.2, 0.25) is 0 Å². The highest BCUT2D eigenvalue weighted by Gasteiger charge is 2.33. The number of nitrogens with one attached hydrogen (secondary N) is 2. The van der Waals surface area contributed by atoms with Gasteiger partial charge in [-0.3, -0.25) is 4.99 Å². The molecule has 0 spiro atoms. The Hall–Kier alpha value is -0.380. The number of unbranched alkanes of at least 4 members (excludes halogenated alkanes) is 1. The molecule has 0 radical (unpaired) electrons. The Morgan fingerprint density at radius 1 is 1.44 bits per heavy atom. The van der Waals surface area contributed by atoms with Crippen molar-refractivity contribution < 1.29 is 0 Å². The van der Waals surface area contributed by atoms with Crippen LogP contribution >= 0.6 is 11.8 Å². The summed E-state index contributed by atoms with van der Waals surface area (Å²) in [6.07, 6.45) is 5.90. The number of hydrogen-bond donors (Lipinski definition) is 2. The van der Waals surface area contributed by atoms with Gasteiger partial charge in [-0.1, -0.05) is 6.92 Å². The molecule has 1 rings (SSSR count). The Kier molecular flexibility index (Phi) is 6.69. The van der Waals surface area contributed by atoms with E-state index in [0.717, 1.165) is 25.0 Å². The molecule has 0 aromatic rings. The fraction of sp³-hybridized carbons (Fsp3) is 0.917. The maximum atomic E-state index is 4.59. The van der Waals surface area contributed by atoms with Gasteiger partial charge in [0.1, 0.15) is 0 Å². The van der Waals surface area contributed by atoms with Crippen molar-refractivity contribution >= 4 is 17.7 Å². The van der Waals surface area contributed by atoms with Crippen LogP contribution in [0.3, 0.4) is 0 Å². The lowest BCUT2D eigenvalue weighted by atomic mass is 10.3. The molecule has 0 aliphatic heterocycles. The van der Waals surface area contributed by atoms with Gasteiger partial charge in [0, 0.05) is 19.1 Å². The number of nitrogens with zero attached hydrogens (tertiary/aromatic N) is 1. The van der Waals surface area contributed by atoms with E-state index in [9.17, 15) is 0 Å². The topological polar surface area (TPSA) is 36.4 Å². The minimum Gasteiger partial charge on any atom is -0.357 e. The number of thioether (sulfide) groups is 1. The van der Waals surface area contributed by atoms with Gasteiger partial charge in [0.25, 0.3) is 0 Å². The molecule has 3 nitrogen and oxygen atoms in total. The molecule has 2 N–H and O–H groups in total. The first-order valence-electron chi connectivity index (χ1n) is 6.31. The Morgan fingerprint density at radius 2 is 2.19 bits per heavy atom. The molecule has 0 aromatic carbocycles. The van der Waals surface area contributed by atoms with Gasteiger partial charge in [-0.05, 0) is 44.1 Å². The third-order valence-corrected chi connectivity index (χ3v) is 3.50. The summed E-state index contributed by atoms with van der Waals surface area (Å²) in [7, 11) is 0. The highest BCUT2D eigenvalue weighted by Crippen LogP contribution is 2.28. The summed E-state index contributed by atoms with van der Waals surface area (Å²) >= 11 is 1.91. The molecule has 2 unspecified atom stereocenters. The van der Waals surface area contributed by atoms with E-state index < -0.39 is 0 Å². The van der Waals surface area contributed by atoms with E-state index in [1.54, 1.807) is 0 Å². The van der Waals surface area contributed by atoms with E-state index in [1.807, 2.05) is 11.8 Å². The molecular formula is C12H25N3S. The Bertz CT molecular complexity index is 218. The molecule has 16 heavy (non-hydrogen) atoms. The predicted molar refractivity (Wildman–Crippen MR) is 74.3 cm³/mol. The van der Waals surface area contributed by atoms with Crippen molar-refractivity contribution in [2.75, 3.05) is 25.1 Å². The lowest BCUT2D eigenvalue weighted by Gasteiger charge is -2.10. The molecular weight excluding hydrogens is 218 g/mol. The quantitative estimate of drug-likeness (QED) is 0.408. The van der Waals surface area contributed by atoms with Gasteiger partial charge >= 0.3 is 0 Å². The van der Waals surface area contributed by atoms with Crippen LogP contribution in [0.4, 0.5) is 0 Å². The van der Waals surface area contributed by atoms with E-state index >= 15 is 0 Å². The highest BCUT2D eigenvalue weighted by molar-refractivity contribution is 7.98. The molecule has 4 heteroatoms. The molecule has 1 aliphatic rings. The Labute approximate surface area is 104 Å². The van der Waals surface area contributed by atoms with Crippen molar-refractivity contribution in [3.05, 3.63) is 0 Å². The SMILES string of the molecule is CCNC(=NCCCCSC)NC1CC1C. The second-order valence-corrected chi connectivity index (χ2v) is 5.41. The third kappa shape index (κ3) is 5.64. The second-order valence-electron chi connectivity index (χ2n) is 4.42. The van der Waals surface area contributed by atoms with Crippen molar-refractivity contribution in [2.45, 2.75) is 39.2 Å². The van der Waals surface area contributed by atoms with Gasteiger partial charge in [0.15, 0.2) is 5.96 Å². The first-order valence-corrected chi connectivity index (χ1v) is 7.71. The second kappa shape index (κ2) is 7.82. The van der Waals surface area contributed by atoms with Crippen molar-refractivity contribution in [3.8, 4) is 0 Å². The summed E-state index contributed by atoms with van der Waals surface area (Å²) in [5, 5.41) is 6.77. The van der Waals surface area contributed by atoms with Crippen LogP contribution in [0, 0.1) is 5.92 Å². The summed E-state index contributed by atoms with van der Waals surface area (Å²) in [6, 6.07) is 0.656. The predicted octanol–water partition coefficient (Wildman–Crippen LogP) is 2.09. The van der Waals surface area contributed by atoms with Gasteiger partial charge in [-0.25, -0.2) is 0 Å². The van der Waals surface area contributed by atoms with Crippen molar-refractivity contribution in [3.63, 3.8) is 0 Å². The molecule has 0 saturated heterocycles. The minimum atomic E-state index is 0.656. The van der Waals surface area contributed by atoms with Crippen LogP contribution in [0.15, 0.2) is 4.99 Å². The van der Waals surface area contributed by atoms with Gasteiger partial charge in [-0.2, -0.15) is 11.8 Å². The molecule has 0 aromatic heterocycles. The first-order chi connectivity index (χ1) is 7.77. The standard InChI is InChI=1S/C12H25N3S/c1-4-13-12(15-11-9-10(11)2)14-7-5-6-8-16-3/h10-11H,4-9H2,1-3H3,(H2,13,14,15). The Morgan fingerprint density at radius 3 is 2.75 bits per heavy atom. The average molecular weight is 243 g/mol. The van der Waals surface area contributed by atoms with E-state index in [1.165, 1.54) is 25.0 Å². The van der Waals surface area contributed by atoms with Crippen molar-refractivity contribution in [1.29, 1.82) is 0 Å². The van der Waals surface area contributed by atoms with E-state index in [-0.39, 0.29) is 0 Å². The largest absolute Gasteiger partial charge is 0.357 e. The average Bonchev–Trinajstić information content (AvgIpc) is 2.94. The zero-order chi connectivity index (χ0) is 11.8. The lowest BCUT2D eigenvalue weighted by Crippen LogP contribution is -2.39. The molecule has 2 atom stereocenters. The van der Waals surface area contributed by atoms with Crippen molar-refractivity contribution in [2.24, 2.45) is 10.9 Å². The van der Waals surface area contributed by atoms with Crippen LogP contribution in [0.25, 0.3) is 0 Å². The fourth-order valence-electron chi connectivity index (χ4n) is 1.57. The van der Waals surface area contributed by atoms with Gasteiger partial charge in [-0.15, -0.1) is 0 Å². The van der Waals surface area contributed by atoms with Crippen LogP contribution in [-0.2, 0) is 0 Å². The zero-order valence-electron chi connectivity index (χ0n) is 10.8. The molecule has 1 aliphatic carbocycles. The monoisotopic (exact) mass is 243 g/mol. The first kappa shape index (κ1) is 13.7. The van der Waals surface area contributed by atoms with Crippen LogP contribution in [0.1, 0.15) is 33.1 Å². The Balaban J connectivity index is 2.17. The number of guanidine groups is 1. The molecule has 0 amide bonds. The molecule has 0 heterocycles. The summed E-state index contributed by atoms with van der Waals surface area (Å²) in [5.41, 5.74) is 0. The number of aliphatic imine (C=N–C) groups is 1. The van der Waals surface area contributed by atoms with Crippen molar-refractivity contribution in [1.82, 2.24) is 10.6 Å².